The van der Waals surface area contributed by atoms with Crippen LogP contribution in [-0.4, -0.2) is 23.1 Å². The van der Waals surface area contributed by atoms with Crippen LogP contribution in [0, 0.1) is 0 Å². The summed E-state index contributed by atoms with van der Waals surface area (Å²) >= 11 is 0. The van der Waals surface area contributed by atoms with Crippen LogP contribution in [0.15, 0.2) is 77.2 Å². The number of ether oxygens (including phenoxy) is 2. The van der Waals surface area contributed by atoms with E-state index in [1.54, 1.807) is 12.1 Å². The zero-order valence-electron chi connectivity index (χ0n) is 15.7. The minimum Gasteiger partial charge on any atom is -0.457 e. The van der Waals surface area contributed by atoms with Gasteiger partial charge in [0, 0.05) is 18.1 Å². The molecular weight excluding hydrogens is 384 g/mol. The van der Waals surface area contributed by atoms with Gasteiger partial charge >= 0.3 is 6.09 Å². The molecule has 1 saturated heterocycles. The number of nitrogens with one attached hydrogen (secondary N) is 1. The fraction of sp³-hybridized carbons (Fsp3) is 0.0870. The van der Waals surface area contributed by atoms with Gasteiger partial charge in [-0.25, -0.2) is 9.78 Å². The summed E-state index contributed by atoms with van der Waals surface area (Å²) < 4.78 is 16.7. The first-order valence-electron chi connectivity index (χ1n) is 9.38. The molecule has 7 heteroatoms. The average Bonchev–Trinajstić information content (AvgIpc) is 3.32. The topological polar surface area (TPSA) is 90.7 Å². The van der Waals surface area contributed by atoms with E-state index >= 15 is 0 Å². The predicted octanol–water partition coefficient (Wildman–Crippen LogP) is 4.46. The number of fused-ring (bicyclic) bond motifs is 1. The van der Waals surface area contributed by atoms with E-state index < -0.39 is 18.1 Å². The van der Waals surface area contributed by atoms with Crippen LogP contribution in [-0.2, 0) is 16.0 Å². The third-order valence-corrected chi connectivity index (χ3v) is 4.73. The Morgan fingerprint density at radius 2 is 1.70 bits per heavy atom. The summed E-state index contributed by atoms with van der Waals surface area (Å²) in [5, 5.41) is 2.12. The zero-order chi connectivity index (χ0) is 20.5. The number of nitrogens with zero attached hydrogens (tertiary/aromatic N) is 1. The van der Waals surface area contributed by atoms with Gasteiger partial charge in [-0.1, -0.05) is 30.3 Å². The number of hydrogen-bond donors (Lipinski definition) is 1. The van der Waals surface area contributed by atoms with Gasteiger partial charge in [-0.05, 0) is 42.0 Å². The lowest BCUT2D eigenvalue weighted by atomic mass is 10.1. The molecule has 2 heterocycles. The highest BCUT2D eigenvalue weighted by Crippen LogP contribution is 2.29. The molecule has 1 atom stereocenters. The van der Waals surface area contributed by atoms with Crippen molar-refractivity contribution in [3.63, 3.8) is 0 Å². The zero-order valence-corrected chi connectivity index (χ0v) is 15.7. The van der Waals surface area contributed by atoms with Crippen molar-refractivity contribution in [2.24, 2.45) is 0 Å². The molecule has 0 bridgehead atoms. The van der Waals surface area contributed by atoms with E-state index in [1.165, 1.54) is 0 Å². The number of aromatic nitrogens is 1. The second kappa shape index (κ2) is 7.36. The van der Waals surface area contributed by atoms with Crippen LogP contribution < -0.4 is 10.1 Å². The van der Waals surface area contributed by atoms with Crippen molar-refractivity contribution in [2.45, 2.75) is 12.5 Å². The first-order chi connectivity index (χ1) is 14.6. The Bertz CT molecular complexity index is 1230. The Morgan fingerprint density at radius 1 is 0.933 bits per heavy atom. The fourth-order valence-electron chi connectivity index (χ4n) is 3.25. The number of alkyl carbamates (subject to hydrolysis) is 1. The van der Waals surface area contributed by atoms with E-state index in [0.717, 1.165) is 11.1 Å². The second-order valence-corrected chi connectivity index (χ2v) is 6.85. The molecule has 1 unspecified atom stereocenters. The minimum atomic E-state index is -0.794. The summed E-state index contributed by atoms with van der Waals surface area (Å²) in [6.07, 6.45) is -1.19. The van der Waals surface area contributed by atoms with Gasteiger partial charge < -0.3 is 13.9 Å². The summed E-state index contributed by atoms with van der Waals surface area (Å²) in [7, 11) is 0. The maximum atomic E-state index is 11.6. The van der Waals surface area contributed by atoms with E-state index in [2.05, 4.69) is 10.3 Å². The first kappa shape index (κ1) is 17.9. The van der Waals surface area contributed by atoms with E-state index in [9.17, 15) is 9.59 Å². The van der Waals surface area contributed by atoms with Gasteiger partial charge in [-0.2, -0.15) is 0 Å². The lowest BCUT2D eigenvalue weighted by Crippen LogP contribution is -2.25. The maximum absolute atomic E-state index is 11.6. The van der Waals surface area contributed by atoms with E-state index in [-0.39, 0.29) is 0 Å². The average molecular weight is 400 g/mol. The third-order valence-electron chi connectivity index (χ3n) is 4.73. The number of rotatable bonds is 5. The number of oxazole rings is 1. The monoisotopic (exact) mass is 400 g/mol. The molecule has 148 valence electrons. The number of amides is 2. The lowest BCUT2D eigenvalue weighted by molar-refractivity contribution is -0.123. The van der Waals surface area contributed by atoms with Crippen LogP contribution in [0.5, 0.6) is 11.5 Å². The van der Waals surface area contributed by atoms with Crippen LogP contribution in [0.2, 0.25) is 0 Å². The summed E-state index contributed by atoms with van der Waals surface area (Å²) in [4.78, 5) is 27.2. The van der Waals surface area contributed by atoms with Gasteiger partial charge in [0.15, 0.2) is 11.7 Å². The Kier molecular flexibility index (Phi) is 4.40. The standard InChI is InChI=1S/C23H16N2O5/c26-21-20(30-23(27)25-21)12-14-6-8-16(9-7-14)28-17-10-11-19-18(13-17)24-22(29-19)15-4-2-1-3-5-15/h1-11,13,20H,12H2,(H,25,26,27). The molecule has 30 heavy (non-hydrogen) atoms. The van der Waals surface area contributed by atoms with Crippen molar-refractivity contribution in [2.75, 3.05) is 0 Å². The highest BCUT2D eigenvalue weighted by atomic mass is 16.6. The van der Waals surface area contributed by atoms with Crippen molar-refractivity contribution in [1.82, 2.24) is 10.3 Å². The molecule has 7 nitrogen and oxygen atoms in total. The SMILES string of the molecule is O=C1NC(=O)C(Cc2ccc(Oc3ccc4oc(-c5ccccc5)nc4c3)cc2)O1. The van der Waals surface area contributed by atoms with Gasteiger partial charge in [0.1, 0.15) is 17.0 Å². The number of cyclic esters (lactones) is 1. The minimum absolute atomic E-state index is 0.311. The molecule has 0 saturated carbocycles. The molecule has 1 fully saturated rings. The van der Waals surface area contributed by atoms with Crippen LogP contribution in [0.1, 0.15) is 5.56 Å². The van der Waals surface area contributed by atoms with E-state index in [4.69, 9.17) is 13.9 Å². The van der Waals surface area contributed by atoms with Crippen LogP contribution in [0.3, 0.4) is 0 Å². The molecule has 0 aliphatic carbocycles. The normalized spacial score (nSPS) is 15.8. The Hall–Kier alpha value is -4.13. The number of benzene rings is 3. The fourth-order valence-corrected chi connectivity index (χ4v) is 3.25. The molecule has 5 rings (SSSR count). The summed E-state index contributed by atoms with van der Waals surface area (Å²) in [6, 6.07) is 22.4. The largest absolute Gasteiger partial charge is 0.457 e. The molecule has 1 aliphatic rings. The third kappa shape index (κ3) is 3.60. The van der Waals surface area contributed by atoms with E-state index in [0.29, 0.717) is 34.9 Å². The molecule has 1 N–H and O–H groups in total. The smallest absolute Gasteiger partial charge is 0.414 e. The van der Waals surface area contributed by atoms with Gasteiger partial charge in [0.05, 0.1) is 0 Å². The van der Waals surface area contributed by atoms with Crippen molar-refractivity contribution in [1.29, 1.82) is 0 Å². The second-order valence-electron chi connectivity index (χ2n) is 6.85. The maximum Gasteiger partial charge on any atom is 0.414 e. The Labute approximate surface area is 171 Å². The molecule has 0 spiro atoms. The number of hydrogen-bond acceptors (Lipinski definition) is 6. The van der Waals surface area contributed by atoms with Gasteiger partial charge in [0.25, 0.3) is 5.91 Å². The summed E-state index contributed by atoms with van der Waals surface area (Å²) in [6.45, 7) is 0. The van der Waals surface area contributed by atoms with Crippen molar-refractivity contribution >= 4 is 23.1 Å². The summed E-state index contributed by atoms with van der Waals surface area (Å²) in [5.41, 5.74) is 3.16. The Balaban J connectivity index is 1.30. The van der Waals surface area contributed by atoms with Crippen molar-refractivity contribution < 1.29 is 23.5 Å². The molecule has 0 radical (unpaired) electrons. The quantitative estimate of drug-likeness (QED) is 0.532. The number of carbonyl (C=O) groups is 2. The van der Waals surface area contributed by atoms with Gasteiger partial charge in [-0.15, -0.1) is 0 Å². The molecule has 4 aromatic rings. The molecular formula is C23H16N2O5. The highest BCUT2D eigenvalue weighted by Gasteiger charge is 2.32. The predicted molar refractivity (Wildman–Crippen MR) is 108 cm³/mol. The summed E-state index contributed by atoms with van der Waals surface area (Å²) in [5.74, 6) is 1.41. The van der Waals surface area contributed by atoms with Crippen LogP contribution >= 0.6 is 0 Å². The van der Waals surface area contributed by atoms with Crippen LogP contribution in [0.4, 0.5) is 4.79 Å². The molecule has 1 aromatic heterocycles. The van der Waals surface area contributed by atoms with E-state index in [1.807, 2.05) is 60.7 Å². The number of carbonyl (C=O) groups excluding carboxylic acids is 2. The van der Waals surface area contributed by atoms with Crippen molar-refractivity contribution in [3.05, 3.63) is 78.4 Å². The van der Waals surface area contributed by atoms with Gasteiger partial charge in [0.2, 0.25) is 5.89 Å². The lowest BCUT2D eigenvalue weighted by Gasteiger charge is -2.08. The van der Waals surface area contributed by atoms with Gasteiger partial charge in [-0.3, -0.25) is 10.1 Å². The van der Waals surface area contributed by atoms with Crippen molar-refractivity contribution in [3.8, 4) is 23.0 Å². The molecule has 1 aliphatic heterocycles. The number of imide groups is 1. The molecule has 2 amide bonds. The Morgan fingerprint density at radius 3 is 2.43 bits per heavy atom. The first-order valence-corrected chi connectivity index (χ1v) is 9.38. The van der Waals surface area contributed by atoms with Crippen LogP contribution in [0.25, 0.3) is 22.6 Å². The highest BCUT2D eigenvalue weighted by molar-refractivity contribution is 6.00. The molecule has 3 aromatic carbocycles.